The number of aliphatic carboxylic acids is 1. The number of hydrogen-bond acceptors (Lipinski definition) is 2. The van der Waals surface area contributed by atoms with Gasteiger partial charge in [-0.2, -0.15) is 0 Å². The summed E-state index contributed by atoms with van der Waals surface area (Å²) >= 11 is 0. The fourth-order valence-corrected chi connectivity index (χ4v) is 3.13. The monoisotopic (exact) mass is 347 g/mol. The molecule has 0 aliphatic heterocycles. The van der Waals surface area contributed by atoms with Crippen LogP contribution in [0, 0.1) is 0 Å². The zero-order chi connectivity index (χ0) is 18.3. The van der Waals surface area contributed by atoms with Gasteiger partial charge in [0.25, 0.3) is 0 Å². The summed E-state index contributed by atoms with van der Waals surface area (Å²) in [6.45, 7) is 2.82. The van der Waals surface area contributed by atoms with E-state index < -0.39 is 5.97 Å². The maximum Gasteiger partial charge on any atom is 0.305 e. The van der Waals surface area contributed by atoms with Gasteiger partial charge in [-0.3, -0.25) is 4.79 Å². The molecule has 25 heavy (non-hydrogen) atoms. The van der Waals surface area contributed by atoms with Crippen LogP contribution in [0.4, 0.5) is 5.69 Å². The third-order valence-corrected chi connectivity index (χ3v) is 4.86. The number of benzene rings is 1. The lowest BCUT2D eigenvalue weighted by atomic mass is 10.0. The van der Waals surface area contributed by atoms with E-state index in [1.165, 1.54) is 69.8 Å². The first-order valence-electron chi connectivity index (χ1n) is 10.2. The standard InChI is InChI=1S/C22H37NO2/c1-3-4-5-6-7-8-9-10-11-12-13-20-14-16-21(17-15-20)23(2)19-18-22(24)25/h14-17H,3-13,18-19H2,1-2H3,(H,24,25). The molecule has 1 N–H and O–H groups in total. The molecular weight excluding hydrogens is 310 g/mol. The van der Waals surface area contributed by atoms with Crippen LogP contribution < -0.4 is 4.90 Å². The van der Waals surface area contributed by atoms with E-state index in [1.807, 2.05) is 11.9 Å². The molecule has 0 amide bonds. The predicted molar refractivity (Wildman–Crippen MR) is 108 cm³/mol. The van der Waals surface area contributed by atoms with Crippen molar-refractivity contribution in [3.63, 3.8) is 0 Å². The molecule has 0 saturated carbocycles. The van der Waals surface area contributed by atoms with Crippen molar-refractivity contribution in [1.82, 2.24) is 0 Å². The number of nitrogens with zero attached hydrogens (tertiary/aromatic N) is 1. The number of carbonyl (C=O) groups is 1. The van der Waals surface area contributed by atoms with E-state index in [1.54, 1.807) is 0 Å². The van der Waals surface area contributed by atoms with Gasteiger partial charge in [-0.25, -0.2) is 0 Å². The minimum atomic E-state index is -0.746. The molecule has 0 aliphatic rings. The molecule has 0 bridgehead atoms. The van der Waals surface area contributed by atoms with Gasteiger partial charge in [-0.05, 0) is 30.5 Å². The number of carboxylic acid groups (broad SMARTS) is 1. The van der Waals surface area contributed by atoms with E-state index in [0.29, 0.717) is 6.54 Å². The first-order chi connectivity index (χ1) is 12.1. The normalized spacial score (nSPS) is 10.8. The maximum atomic E-state index is 10.6. The summed E-state index contributed by atoms with van der Waals surface area (Å²) in [6, 6.07) is 8.57. The highest BCUT2D eigenvalue weighted by molar-refractivity contribution is 5.67. The predicted octanol–water partition coefficient (Wildman–Crippen LogP) is 6.06. The van der Waals surface area contributed by atoms with Crippen LogP contribution in [-0.2, 0) is 11.2 Å². The zero-order valence-electron chi connectivity index (χ0n) is 16.3. The van der Waals surface area contributed by atoms with Gasteiger partial charge < -0.3 is 10.0 Å². The van der Waals surface area contributed by atoms with E-state index in [4.69, 9.17) is 5.11 Å². The highest BCUT2D eigenvalue weighted by Gasteiger charge is 2.04. The van der Waals surface area contributed by atoms with Gasteiger partial charge in [0.2, 0.25) is 0 Å². The molecule has 1 rings (SSSR count). The van der Waals surface area contributed by atoms with Gasteiger partial charge in [0.05, 0.1) is 6.42 Å². The van der Waals surface area contributed by atoms with E-state index in [2.05, 4.69) is 31.2 Å². The minimum absolute atomic E-state index is 0.177. The van der Waals surface area contributed by atoms with Crippen molar-refractivity contribution < 1.29 is 9.90 Å². The molecule has 1 aromatic carbocycles. The van der Waals surface area contributed by atoms with Crippen LogP contribution in [0.15, 0.2) is 24.3 Å². The van der Waals surface area contributed by atoms with Crippen molar-refractivity contribution in [3.8, 4) is 0 Å². The Bertz CT molecular complexity index is 456. The largest absolute Gasteiger partial charge is 0.481 e. The van der Waals surface area contributed by atoms with Crippen LogP contribution in [0.5, 0.6) is 0 Å². The Morgan fingerprint density at radius 1 is 0.880 bits per heavy atom. The highest BCUT2D eigenvalue weighted by atomic mass is 16.4. The molecule has 0 heterocycles. The summed E-state index contributed by atoms with van der Waals surface area (Å²) in [7, 11) is 1.94. The number of anilines is 1. The van der Waals surface area contributed by atoms with Gasteiger partial charge in [0.1, 0.15) is 0 Å². The molecule has 0 spiro atoms. The Kier molecular flexibility index (Phi) is 11.8. The molecule has 142 valence electrons. The van der Waals surface area contributed by atoms with E-state index >= 15 is 0 Å². The van der Waals surface area contributed by atoms with Gasteiger partial charge in [-0.1, -0.05) is 76.8 Å². The fraction of sp³-hybridized carbons (Fsp3) is 0.682. The second kappa shape index (κ2) is 13.7. The molecule has 1 aromatic rings. The summed E-state index contributed by atoms with van der Waals surface area (Å²) in [4.78, 5) is 12.6. The molecule has 0 saturated heterocycles. The molecule has 0 radical (unpaired) electrons. The Hall–Kier alpha value is -1.51. The smallest absolute Gasteiger partial charge is 0.305 e. The number of aryl methyl sites for hydroxylation is 1. The molecule has 3 nitrogen and oxygen atoms in total. The lowest BCUT2D eigenvalue weighted by Gasteiger charge is -2.18. The van der Waals surface area contributed by atoms with E-state index in [9.17, 15) is 4.79 Å². The van der Waals surface area contributed by atoms with Crippen LogP contribution in [0.2, 0.25) is 0 Å². The van der Waals surface area contributed by atoms with Crippen molar-refractivity contribution in [3.05, 3.63) is 29.8 Å². The summed E-state index contributed by atoms with van der Waals surface area (Å²) in [5, 5.41) is 8.75. The first-order valence-corrected chi connectivity index (χ1v) is 10.2. The van der Waals surface area contributed by atoms with Crippen LogP contribution in [0.1, 0.15) is 83.1 Å². The minimum Gasteiger partial charge on any atom is -0.481 e. The molecule has 0 fully saturated rings. The quantitative estimate of drug-likeness (QED) is 0.392. The fourth-order valence-electron chi connectivity index (χ4n) is 3.13. The van der Waals surface area contributed by atoms with Crippen LogP contribution >= 0.6 is 0 Å². The van der Waals surface area contributed by atoms with Crippen molar-refractivity contribution in [2.75, 3.05) is 18.5 Å². The van der Waals surface area contributed by atoms with E-state index in [0.717, 1.165) is 12.1 Å². The third kappa shape index (κ3) is 10.9. The van der Waals surface area contributed by atoms with Crippen molar-refractivity contribution in [2.45, 2.75) is 84.0 Å². The maximum absolute atomic E-state index is 10.6. The topological polar surface area (TPSA) is 40.5 Å². The molecule has 0 aliphatic carbocycles. The van der Waals surface area contributed by atoms with Crippen molar-refractivity contribution >= 4 is 11.7 Å². The van der Waals surface area contributed by atoms with Crippen LogP contribution in [-0.4, -0.2) is 24.7 Å². The molecule has 0 unspecified atom stereocenters. The van der Waals surface area contributed by atoms with Gasteiger partial charge >= 0.3 is 5.97 Å². The second-order valence-corrected chi connectivity index (χ2v) is 7.16. The average Bonchev–Trinajstić information content (AvgIpc) is 2.61. The Morgan fingerprint density at radius 2 is 1.40 bits per heavy atom. The lowest BCUT2D eigenvalue weighted by molar-refractivity contribution is -0.136. The summed E-state index contributed by atoms with van der Waals surface area (Å²) in [5.41, 5.74) is 2.48. The Morgan fingerprint density at radius 3 is 1.92 bits per heavy atom. The van der Waals surface area contributed by atoms with Crippen molar-refractivity contribution in [2.24, 2.45) is 0 Å². The number of hydrogen-bond donors (Lipinski definition) is 1. The lowest BCUT2D eigenvalue weighted by Crippen LogP contribution is -2.20. The SMILES string of the molecule is CCCCCCCCCCCCc1ccc(N(C)CCC(=O)O)cc1. The summed E-state index contributed by atoms with van der Waals surface area (Å²) < 4.78 is 0. The average molecular weight is 348 g/mol. The number of unbranched alkanes of at least 4 members (excludes halogenated alkanes) is 9. The molecular formula is C22H37NO2. The van der Waals surface area contributed by atoms with Crippen molar-refractivity contribution in [1.29, 1.82) is 0 Å². The second-order valence-electron chi connectivity index (χ2n) is 7.16. The molecule has 0 atom stereocenters. The highest BCUT2D eigenvalue weighted by Crippen LogP contribution is 2.16. The Balaban J connectivity index is 2.08. The number of carboxylic acids is 1. The van der Waals surface area contributed by atoms with Gasteiger partial charge in [0, 0.05) is 19.3 Å². The molecule has 0 aromatic heterocycles. The number of rotatable bonds is 15. The van der Waals surface area contributed by atoms with Crippen LogP contribution in [0.25, 0.3) is 0 Å². The zero-order valence-corrected chi connectivity index (χ0v) is 16.3. The first kappa shape index (κ1) is 21.5. The van der Waals surface area contributed by atoms with Gasteiger partial charge in [-0.15, -0.1) is 0 Å². The molecule has 3 heteroatoms. The van der Waals surface area contributed by atoms with Gasteiger partial charge in [0.15, 0.2) is 0 Å². The Labute approximate surface area is 154 Å². The summed E-state index contributed by atoms with van der Waals surface area (Å²) in [5.74, 6) is -0.746. The third-order valence-electron chi connectivity index (χ3n) is 4.86. The summed E-state index contributed by atoms with van der Waals surface area (Å²) in [6.07, 6.45) is 15.1. The van der Waals surface area contributed by atoms with E-state index in [-0.39, 0.29) is 6.42 Å². The van der Waals surface area contributed by atoms with Crippen LogP contribution in [0.3, 0.4) is 0 Å².